The van der Waals surface area contributed by atoms with Gasteiger partial charge in [-0.15, -0.1) is 11.3 Å². The van der Waals surface area contributed by atoms with Crippen molar-refractivity contribution >= 4 is 40.4 Å². The van der Waals surface area contributed by atoms with E-state index in [0.29, 0.717) is 27.7 Å². The molecule has 0 aliphatic carbocycles. The summed E-state index contributed by atoms with van der Waals surface area (Å²) in [7, 11) is 4.00. The van der Waals surface area contributed by atoms with Crippen molar-refractivity contribution in [2.45, 2.75) is 12.5 Å². The van der Waals surface area contributed by atoms with Crippen LogP contribution in [0.5, 0.6) is 0 Å². The maximum atomic E-state index is 12.7. The number of hydrogen-bond acceptors (Lipinski definition) is 4. The zero-order valence-corrected chi connectivity index (χ0v) is 18.5. The van der Waals surface area contributed by atoms with Crippen molar-refractivity contribution in [2.75, 3.05) is 26.0 Å². The van der Waals surface area contributed by atoms with Crippen LogP contribution in [0.1, 0.15) is 25.6 Å². The number of anilines is 1. The van der Waals surface area contributed by atoms with Crippen LogP contribution >= 0.6 is 22.9 Å². The van der Waals surface area contributed by atoms with E-state index in [9.17, 15) is 9.59 Å². The monoisotopic (exact) mass is 441 g/mol. The summed E-state index contributed by atoms with van der Waals surface area (Å²) in [6.07, 6.45) is 0.830. The van der Waals surface area contributed by atoms with E-state index in [1.165, 1.54) is 16.9 Å². The molecule has 1 unspecified atom stereocenters. The first kappa shape index (κ1) is 22.0. The fourth-order valence-electron chi connectivity index (χ4n) is 2.99. The summed E-state index contributed by atoms with van der Waals surface area (Å²) in [6.45, 7) is 0.500. The molecule has 1 heterocycles. The minimum atomic E-state index is -0.250. The minimum absolute atomic E-state index is 0.154. The van der Waals surface area contributed by atoms with Gasteiger partial charge in [0, 0.05) is 18.2 Å². The molecule has 1 atom stereocenters. The van der Waals surface area contributed by atoms with Gasteiger partial charge < -0.3 is 15.5 Å². The van der Waals surface area contributed by atoms with Crippen molar-refractivity contribution < 1.29 is 9.59 Å². The normalized spacial score (nSPS) is 11.9. The van der Waals surface area contributed by atoms with E-state index in [-0.39, 0.29) is 17.9 Å². The van der Waals surface area contributed by atoms with Crippen molar-refractivity contribution in [1.82, 2.24) is 10.2 Å². The first-order chi connectivity index (χ1) is 14.4. The highest BCUT2D eigenvalue weighted by atomic mass is 35.5. The van der Waals surface area contributed by atoms with Crippen molar-refractivity contribution in [3.05, 3.63) is 87.1 Å². The molecule has 2 aromatic carbocycles. The lowest BCUT2D eigenvalue weighted by Gasteiger charge is -2.25. The molecule has 2 amide bonds. The fourth-order valence-corrected chi connectivity index (χ4v) is 3.77. The molecular formula is C23H24ClN3O2S. The van der Waals surface area contributed by atoms with Gasteiger partial charge in [0.15, 0.2) is 0 Å². The lowest BCUT2D eigenvalue weighted by molar-refractivity contribution is 0.0940. The molecular weight excluding hydrogens is 418 g/mol. The van der Waals surface area contributed by atoms with Crippen molar-refractivity contribution in [1.29, 1.82) is 0 Å². The molecule has 0 spiro atoms. The zero-order chi connectivity index (χ0) is 21.5. The molecule has 0 radical (unpaired) electrons. The van der Waals surface area contributed by atoms with Gasteiger partial charge in [0.2, 0.25) is 0 Å². The minimum Gasteiger partial charge on any atom is -0.350 e. The Bertz CT molecular complexity index is 991. The average Bonchev–Trinajstić information content (AvgIpc) is 3.28. The van der Waals surface area contributed by atoms with Gasteiger partial charge >= 0.3 is 0 Å². The standard InChI is InChI=1S/C23H24ClN3O2S/c1-27(2)18(13-16-7-4-3-5-8-16)15-25-22(28)17-10-11-19(24)20(14-17)26-23(29)21-9-6-12-30-21/h3-12,14,18H,13,15H2,1-2H3,(H,25,28)(H,26,29). The van der Waals surface area contributed by atoms with Crippen LogP contribution in [0.4, 0.5) is 5.69 Å². The number of thiophene rings is 1. The van der Waals surface area contributed by atoms with Crippen LogP contribution in [0.15, 0.2) is 66.0 Å². The molecule has 3 rings (SSSR count). The predicted molar refractivity (Wildman–Crippen MR) is 124 cm³/mol. The maximum Gasteiger partial charge on any atom is 0.265 e. The summed E-state index contributed by atoms with van der Waals surface area (Å²) in [6, 6.07) is 18.8. The Morgan fingerprint density at radius 1 is 1.03 bits per heavy atom. The Kier molecular flexibility index (Phi) is 7.63. The Morgan fingerprint density at radius 2 is 1.80 bits per heavy atom. The van der Waals surface area contributed by atoms with E-state index in [4.69, 9.17) is 11.6 Å². The van der Waals surface area contributed by atoms with Crippen molar-refractivity contribution in [3.63, 3.8) is 0 Å². The number of benzene rings is 2. The van der Waals surface area contributed by atoms with Gasteiger partial charge in [-0.2, -0.15) is 0 Å². The van der Waals surface area contributed by atoms with E-state index in [0.717, 1.165) is 6.42 Å². The molecule has 7 heteroatoms. The maximum absolute atomic E-state index is 12.7. The smallest absolute Gasteiger partial charge is 0.265 e. The highest BCUT2D eigenvalue weighted by Gasteiger charge is 2.16. The molecule has 156 valence electrons. The zero-order valence-electron chi connectivity index (χ0n) is 16.9. The van der Waals surface area contributed by atoms with E-state index in [1.54, 1.807) is 24.3 Å². The van der Waals surface area contributed by atoms with Crippen molar-refractivity contribution in [2.24, 2.45) is 0 Å². The molecule has 1 aromatic heterocycles. The summed E-state index contributed by atoms with van der Waals surface area (Å²) in [5.41, 5.74) is 2.07. The van der Waals surface area contributed by atoms with E-state index < -0.39 is 0 Å². The first-order valence-electron chi connectivity index (χ1n) is 9.57. The lowest BCUT2D eigenvalue weighted by atomic mass is 10.0. The molecule has 0 aliphatic heterocycles. The Labute approximate surface area is 185 Å². The Balaban J connectivity index is 1.65. The quantitative estimate of drug-likeness (QED) is 0.538. The van der Waals surface area contributed by atoms with Crippen LogP contribution < -0.4 is 10.6 Å². The lowest BCUT2D eigenvalue weighted by Crippen LogP contribution is -2.41. The SMILES string of the molecule is CN(C)C(CNC(=O)c1ccc(Cl)c(NC(=O)c2cccs2)c1)Cc1ccccc1. The van der Waals surface area contributed by atoms with Gasteiger partial charge in [0.1, 0.15) is 0 Å². The van der Waals surface area contributed by atoms with E-state index in [1.807, 2.05) is 43.7 Å². The largest absolute Gasteiger partial charge is 0.350 e. The summed E-state index contributed by atoms with van der Waals surface area (Å²) in [4.78, 5) is 27.7. The van der Waals surface area contributed by atoms with E-state index in [2.05, 4.69) is 27.7 Å². The number of nitrogens with one attached hydrogen (secondary N) is 2. The number of hydrogen-bond donors (Lipinski definition) is 2. The summed E-state index contributed by atoms with van der Waals surface area (Å²) in [5.74, 6) is -0.460. The summed E-state index contributed by atoms with van der Waals surface area (Å²) in [5, 5.41) is 7.98. The van der Waals surface area contributed by atoms with E-state index >= 15 is 0 Å². The molecule has 0 fully saturated rings. The second kappa shape index (κ2) is 10.4. The molecule has 3 aromatic rings. The van der Waals surface area contributed by atoms with Crippen LogP contribution in [-0.2, 0) is 6.42 Å². The van der Waals surface area contributed by atoms with Crippen molar-refractivity contribution in [3.8, 4) is 0 Å². The van der Waals surface area contributed by atoms with Gasteiger partial charge in [0.05, 0.1) is 15.6 Å². The first-order valence-corrected chi connectivity index (χ1v) is 10.8. The number of amides is 2. The number of nitrogens with zero attached hydrogens (tertiary/aromatic N) is 1. The highest BCUT2D eigenvalue weighted by molar-refractivity contribution is 7.12. The molecule has 30 heavy (non-hydrogen) atoms. The van der Waals surface area contributed by atoms with Gasteiger partial charge in [-0.1, -0.05) is 48.0 Å². The third-order valence-electron chi connectivity index (χ3n) is 4.76. The fraction of sp³-hybridized carbons (Fsp3) is 0.217. The van der Waals surface area contributed by atoms with Gasteiger partial charge in [-0.25, -0.2) is 0 Å². The van der Waals surface area contributed by atoms with Crippen LogP contribution in [0, 0.1) is 0 Å². The molecule has 0 saturated carbocycles. The molecule has 0 aliphatic rings. The predicted octanol–water partition coefficient (Wildman–Crippen LogP) is 4.56. The highest BCUT2D eigenvalue weighted by Crippen LogP contribution is 2.24. The number of halogens is 1. The molecule has 2 N–H and O–H groups in total. The molecule has 0 saturated heterocycles. The summed E-state index contributed by atoms with van der Waals surface area (Å²) < 4.78 is 0. The topological polar surface area (TPSA) is 61.4 Å². The number of likely N-dealkylation sites (N-methyl/N-ethyl adjacent to an activating group) is 1. The van der Waals surface area contributed by atoms with Crippen LogP contribution in [0.25, 0.3) is 0 Å². The number of carbonyl (C=O) groups excluding carboxylic acids is 2. The number of rotatable bonds is 8. The third-order valence-corrected chi connectivity index (χ3v) is 5.96. The molecule has 5 nitrogen and oxygen atoms in total. The van der Waals surface area contributed by atoms with Gasteiger partial charge in [-0.05, 0) is 55.7 Å². The van der Waals surface area contributed by atoms with Crippen LogP contribution in [0.3, 0.4) is 0 Å². The van der Waals surface area contributed by atoms with Gasteiger partial charge in [0.25, 0.3) is 11.8 Å². The third kappa shape index (κ3) is 5.92. The van der Waals surface area contributed by atoms with Crippen LogP contribution in [-0.4, -0.2) is 43.4 Å². The second-order valence-corrected chi connectivity index (χ2v) is 8.50. The Morgan fingerprint density at radius 3 is 2.47 bits per heavy atom. The number of carbonyl (C=O) groups is 2. The molecule has 0 bridgehead atoms. The van der Waals surface area contributed by atoms with Gasteiger partial charge in [-0.3, -0.25) is 9.59 Å². The van der Waals surface area contributed by atoms with Crippen LogP contribution in [0.2, 0.25) is 5.02 Å². The second-order valence-electron chi connectivity index (χ2n) is 7.14. The average molecular weight is 442 g/mol. The Hall–Kier alpha value is -2.67. The summed E-state index contributed by atoms with van der Waals surface area (Å²) >= 11 is 7.56.